The number of rotatable bonds is 3. The van der Waals surface area contributed by atoms with E-state index in [1.807, 2.05) is 45.0 Å². The molecule has 3 N–H and O–H groups in total. The molecule has 20 heavy (non-hydrogen) atoms. The summed E-state index contributed by atoms with van der Waals surface area (Å²) in [6, 6.07) is 9.40. The number of aryl methyl sites for hydroxylation is 3. The molecule has 104 valence electrons. The number of nitrogens with two attached hydrogens (primary N) is 1. The van der Waals surface area contributed by atoms with Gasteiger partial charge in [0.15, 0.2) is 0 Å². The van der Waals surface area contributed by atoms with Crippen molar-refractivity contribution in [2.45, 2.75) is 27.3 Å². The summed E-state index contributed by atoms with van der Waals surface area (Å²) in [7, 11) is 0. The summed E-state index contributed by atoms with van der Waals surface area (Å²) in [4.78, 5) is 16.5. The van der Waals surface area contributed by atoms with Crippen LogP contribution >= 0.6 is 0 Å². The lowest BCUT2D eigenvalue weighted by atomic mass is 10.0. The smallest absolute Gasteiger partial charge is 0.251 e. The van der Waals surface area contributed by atoms with Crippen LogP contribution in [0, 0.1) is 20.8 Å². The van der Waals surface area contributed by atoms with Crippen LogP contribution in [0.1, 0.15) is 32.9 Å². The number of aromatic nitrogens is 1. The molecule has 4 nitrogen and oxygen atoms in total. The number of pyridine rings is 1. The topological polar surface area (TPSA) is 68.0 Å². The van der Waals surface area contributed by atoms with E-state index in [1.54, 1.807) is 6.07 Å². The van der Waals surface area contributed by atoms with Crippen molar-refractivity contribution >= 4 is 11.6 Å². The molecule has 0 bridgehead atoms. The zero-order valence-corrected chi connectivity index (χ0v) is 12.0. The van der Waals surface area contributed by atoms with Crippen molar-refractivity contribution in [1.29, 1.82) is 0 Å². The van der Waals surface area contributed by atoms with E-state index in [0.717, 1.165) is 22.5 Å². The molecule has 0 saturated carbocycles. The average molecular weight is 269 g/mol. The molecule has 1 aromatic carbocycles. The number of carbonyl (C=O) groups excluding carboxylic acids is 1. The van der Waals surface area contributed by atoms with E-state index < -0.39 is 0 Å². The number of nitrogens with zero attached hydrogens (tertiary/aromatic N) is 1. The Morgan fingerprint density at radius 3 is 2.65 bits per heavy atom. The molecule has 1 aromatic heterocycles. The predicted octanol–water partition coefficient (Wildman–Crippen LogP) is 2.52. The fraction of sp³-hybridized carbons (Fsp3) is 0.250. The van der Waals surface area contributed by atoms with Gasteiger partial charge in [-0.25, -0.2) is 0 Å². The number of hydrogen-bond donors (Lipinski definition) is 2. The van der Waals surface area contributed by atoms with Crippen LogP contribution in [0.15, 0.2) is 30.3 Å². The van der Waals surface area contributed by atoms with Gasteiger partial charge >= 0.3 is 0 Å². The van der Waals surface area contributed by atoms with E-state index in [0.29, 0.717) is 17.8 Å². The van der Waals surface area contributed by atoms with E-state index in [-0.39, 0.29) is 5.91 Å². The standard InChI is InChI=1S/C16H19N3O/c1-10-7-11(2)15(17)8-14(10)16(20)18-9-13-6-4-5-12(3)19-13/h4-8H,9,17H2,1-3H3,(H,18,20). The molecule has 2 rings (SSSR count). The van der Waals surface area contributed by atoms with Crippen LogP contribution in [0.25, 0.3) is 0 Å². The second-order valence-corrected chi connectivity index (χ2v) is 4.98. The number of amides is 1. The van der Waals surface area contributed by atoms with Crippen molar-refractivity contribution in [3.05, 3.63) is 58.4 Å². The second kappa shape index (κ2) is 5.74. The molecule has 0 fully saturated rings. The number of nitrogens with one attached hydrogen (secondary N) is 1. The SMILES string of the molecule is Cc1cccc(CNC(=O)c2cc(N)c(C)cc2C)n1. The molecule has 0 aliphatic carbocycles. The number of anilines is 1. The Balaban J connectivity index is 2.11. The summed E-state index contributed by atoms with van der Waals surface area (Å²) in [6.45, 7) is 6.18. The highest BCUT2D eigenvalue weighted by molar-refractivity contribution is 5.96. The first-order chi connectivity index (χ1) is 9.47. The van der Waals surface area contributed by atoms with Gasteiger partial charge in [-0.2, -0.15) is 0 Å². The van der Waals surface area contributed by atoms with Crippen LogP contribution in [0.5, 0.6) is 0 Å². The number of nitrogen functional groups attached to an aromatic ring is 1. The number of benzene rings is 1. The van der Waals surface area contributed by atoms with Crippen LogP contribution in [0.4, 0.5) is 5.69 Å². The van der Waals surface area contributed by atoms with Crippen LogP contribution in [0.3, 0.4) is 0 Å². The monoisotopic (exact) mass is 269 g/mol. The van der Waals surface area contributed by atoms with E-state index in [2.05, 4.69) is 10.3 Å². The van der Waals surface area contributed by atoms with Gasteiger partial charge in [-0.15, -0.1) is 0 Å². The van der Waals surface area contributed by atoms with Crippen molar-refractivity contribution in [3.63, 3.8) is 0 Å². The predicted molar refractivity (Wildman–Crippen MR) is 80.5 cm³/mol. The second-order valence-electron chi connectivity index (χ2n) is 4.98. The van der Waals surface area contributed by atoms with E-state index in [9.17, 15) is 4.79 Å². The Bertz CT molecular complexity index is 650. The Morgan fingerprint density at radius 1 is 1.20 bits per heavy atom. The highest BCUT2D eigenvalue weighted by Gasteiger charge is 2.10. The molecule has 0 spiro atoms. The van der Waals surface area contributed by atoms with Crippen LogP contribution in [-0.4, -0.2) is 10.9 Å². The van der Waals surface area contributed by atoms with Crippen molar-refractivity contribution in [2.75, 3.05) is 5.73 Å². The molecule has 0 unspecified atom stereocenters. The average Bonchev–Trinajstić information content (AvgIpc) is 2.40. The van der Waals surface area contributed by atoms with Crippen molar-refractivity contribution in [1.82, 2.24) is 10.3 Å². The highest BCUT2D eigenvalue weighted by atomic mass is 16.1. The molecular weight excluding hydrogens is 250 g/mol. The normalized spacial score (nSPS) is 10.3. The Labute approximate surface area is 119 Å². The fourth-order valence-electron chi connectivity index (χ4n) is 2.08. The Hall–Kier alpha value is -2.36. The van der Waals surface area contributed by atoms with Crippen LogP contribution in [0.2, 0.25) is 0 Å². The first-order valence-electron chi connectivity index (χ1n) is 6.55. The molecule has 4 heteroatoms. The maximum atomic E-state index is 12.2. The maximum absolute atomic E-state index is 12.2. The third-order valence-corrected chi connectivity index (χ3v) is 3.23. The van der Waals surface area contributed by atoms with Gasteiger partial charge in [0.25, 0.3) is 5.91 Å². The third kappa shape index (κ3) is 3.15. The highest BCUT2D eigenvalue weighted by Crippen LogP contribution is 2.17. The van der Waals surface area contributed by atoms with E-state index in [4.69, 9.17) is 5.73 Å². The first kappa shape index (κ1) is 14.1. The van der Waals surface area contributed by atoms with E-state index in [1.165, 1.54) is 0 Å². The van der Waals surface area contributed by atoms with Gasteiger partial charge in [0, 0.05) is 16.9 Å². The van der Waals surface area contributed by atoms with Gasteiger partial charge in [-0.3, -0.25) is 9.78 Å². The van der Waals surface area contributed by atoms with Crippen molar-refractivity contribution < 1.29 is 4.79 Å². The molecule has 0 atom stereocenters. The van der Waals surface area contributed by atoms with Gasteiger partial charge in [-0.1, -0.05) is 12.1 Å². The summed E-state index contributed by atoms with van der Waals surface area (Å²) in [6.07, 6.45) is 0. The lowest BCUT2D eigenvalue weighted by Crippen LogP contribution is -2.24. The minimum atomic E-state index is -0.127. The summed E-state index contributed by atoms with van der Waals surface area (Å²) < 4.78 is 0. The molecule has 2 aromatic rings. The molecule has 0 saturated heterocycles. The molecule has 0 radical (unpaired) electrons. The molecule has 1 amide bonds. The van der Waals surface area contributed by atoms with Crippen LogP contribution < -0.4 is 11.1 Å². The van der Waals surface area contributed by atoms with Gasteiger partial charge < -0.3 is 11.1 Å². The third-order valence-electron chi connectivity index (χ3n) is 3.23. The fourth-order valence-corrected chi connectivity index (χ4v) is 2.08. The van der Waals surface area contributed by atoms with Gasteiger partial charge in [0.1, 0.15) is 0 Å². The number of carbonyl (C=O) groups is 1. The Kier molecular flexibility index (Phi) is 4.03. The minimum absolute atomic E-state index is 0.127. The van der Waals surface area contributed by atoms with Gasteiger partial charge in [0.2, 0.25) is 0 Å². The first-order valence-corrected chi connectivity index (χ1v) is 6.55. The largest absolute Gasteiger partial charge is 0.398 e. The lowest BCUT2D eigenvalue weighted by molar-refractivity contribution is 0.0950. The van der Waals surface area contributed by atoms with Crippen LogP contribution in [-0.2, 0) is 6.54 Å². The summed E-state index contributed by atoms with van der Waals surface area (Å²) in [5.74, 6) is -0.127. The summed E-state index contributed by atoms with van der Waals surface area (Å²) in [5.41, 5.74) is 10.8. The molecular formula is C16H19N3O. The van der Waals surface area contributed by atoms with Gasteiger partial charge in [-0.05, 0) is 50.1 Å². The summed E-state index contributed by atoms with van der Waals surface area (Å²) >= 11 is 0. The van der Waals surface area contributed by atoms with E-state index >= 15 is 0 Å². The van der Waals surface area contributed by atoms with Crippen molar-refractivity contribution in [2.24, 2.45) is 0 Å². The van der Waals surface area contributed by atoms with Gasteiger partial charge in [0.05, 0.1) is 12.2 Å². The van der Waals surface area contributed by atoms with Crippen molar-refractivity contribution in [3.8, 4) is 0 Å². The molecule has 1 heterocycles. The lowest BCUT2D eigenvalue weighted by Gasteiger charge is -2.10. The maximum Gasteiger partial charge on any atom is 0.251 e. The minimum Gasteiger partial charge on any atom is -0.398 e. The molecule has 0 aliphatic rings. The summed E-state index contributed by atoms with van der Waals surface area (Å²) in [5, 5.41) is 2.87. The number of hydrogen-bond acceptors (Lipinski definition) is 3. The molecule has 0 aliphatic heterocycles. The zero-order valence-electron chi connectivity index (χ0n) is 12.0. The Morgan fingerprint density at radius 2 is 1.95 bits per heavy atom. The quantitative estimate of drug-likeness (QED) is 0.841. The zero-order chi connectivity index (χ0) is 14.7.